The summed E-state index contributed by atoms with van der Waals surface area (Å²) in [5, 5.41) is 0. The molecule has 0 aliphatic rings. The van der Waals surface area contributed by atoms with E-state index in [1.807, 2.05) is 0 Å². The molecular weight excluding hydrogens is 119 g/mol. The van der Waals surface area contributed by atoms with E-state index in [-0.39, 0.29) is 6.16 Å². The molecule has 0 aromatic heterocycles. The van der Waals surface area contributed by atoms with E-state index in [2.05, 4.69) is 12.2 Å². The molecule has 1 atom stereocenters. The molecule has 0 radical (unpaired) electrons. The van der Waals surface area contributed by atoms with Crippen LogP contribution in [-0.4, -0.2) is 11.1 Å². The molecule has 0 rings (SSSR count). The third kappa shape index (κ3) is 4.54. The van der Waals surface area contributed by atoms with Crippen LogP contribution in [0.5, 0.6) is 0 Å². The molecule has 6 heavy (non-hydrogen) atoms. The van der Waals surface area contributed by atoms with Gasteiger partial charge in [0.25, 0.3) is 6.57 Å². The van der Waals surface area contributed by atoms with Crippen LogP contribution >= 0.6 is 18.8 Å². The Bertz CT molecular complexity index is 75.6. The number of rotatable bonds is 1. The van der Waals surface area contributed by atoms with Crippen LogP contribution in [0.2, 0.25) is 0 Å². The SMILES string of the molecule is CCP(=O)(O)S. The fraction of sp³-hybridized carbons (Fsp3) is 1.00. The Morgan fingerprint density at radius 2 is 2.17 bits per heavy atom. The van der Waals surface area contributed by atoms with Gasteiger partial charge in [-0.1, -0.05) is 19.2 Å². The number of hydrogen-bond donors (Lipinski definition) is 2. The molecule has 0 aromatic rings. The van der Waals surface area contributed by atoms with Crippen molar-refractivity contribution in [3.8, 4) is 0 Å². The summed E-state index contributed by atoms with van der Waals surface area (Å²) in [4.78, 5) is 8.25. The van der Waals surface area contributed by atoms with Gasteiger partial charge in [0.1, 0.15) is 0 Å². The van der Waals surface area contributed by atoms with Crippen LogP contribution in [0.1, 0.15) is 6.92 Å². The second-order valence-corrected chi connectivity index (χ2v) is 4.82. The lowest BCUT2D eigenvalue weighted by Gasteiger charge is -1.93. The highest BCUT2D eigenvalue weighted by atomic mass is 32.7. The molecular formula is C2H7O2PS. The van der Waals surface area contributed by atoms with Crippen LogP contribution in [0.4, 0.5) is 0 Å². The summed E-state index contributed by atoms with van der Waals surface area (Å²) in [6.45, 7) is -1.33. The van der Waals surface area contributed by atoms with E-state index in [9.17, 15) is 4.57 Å². The summed E-state index contributed by atoms with van der Waals surface area (Å²) in [5.41, 5.74) is 0. The minimum absolute atomic E-state index is 0.246. The normalized spacial score (nSPS) is 19.8. The van der Waals surface area contributed by atoms with Gasteiger partial charge in [0.2, 0.25) is 0 Å². The summed E-state index contributed by atoms with van der Waals surface area (Å²) in [7, 11) is 0. The van der Waals surface area contributed by atoms with Crippen LogP contribution in [0.3, 0.4) is 0 Å². The predicted molar refractivity (Wildman–Crippen MR) is 29.4 cm³/mol. The lowest BCUT2D eigenvalue weighted by Crippen LogP contribution is -1.68. The zero-order valence-electron chi connectivity index (χ0n) is 3.46. The van der Waals surface area contributed by atoms with Crippen molar-refractivity contribution in [3.63, 3.8) is 0 Å². The molecule has 0 amide bonds. The molecule has 0 saturated carbocycles. The summed E-state index contributed by atoms with van der Waals surface area (Å²) < 4.78 is 10.0. The van der Waals surface area contributed by atoms with Gasteiger partial charge in [0.15, 0.2) is 0 Å². The van der Waals surface area contributed by atoms with Gasteiger partial charge in [-0.25, -0.2) is 0 Å². The average Bonchev–Trinajstić information content (AvgIpc) is 1.35. The molecule has 0 fully saturated rings. The van der Waals surface area contributed by atoms with Crippen molar-refractivity contribution >= 4 is 18.8 Å². The quantitative estimate of drug-likeness (QED) is 0.408. The maximum Gasteiger partial charge on any atom is 0.251 e. The third-order valence-electron chi connectivity index (χ3n) is 0.412. The van der Waals surface area contributed by atoms with E-state index in [0.717, 1.165) is 0 Å². The Labute approximate surface area is 42.2 Å². The molecule has 0 aliphatic heterocycles. The smallest absolute Gasteiger partial charge is 0.251 e. The van der Waals surface area contributed by atoms with Crippen LogP contribution in [0, 0.1) is 0 Å². The first-order chi connectivity index (χ1) is 2.56. The topological polar surface area (TPSA) is 37.3 Å². The number of hydrogen-bond acceptors (Lipinski definition) is 1. The van der Waals surface area contributed by atoms with Crippen molar-refractivity contribution in [2.45, 2.75) is 6.92 Å². The molecule has 1 N–H and O–H groups in total. The third-order valence-corrected chi connectivity index (χ3v) is 2.08. The second kappa shape index (κ2) is 2.01. The van der Waals surface area contributed by atoms with E-state index >= 15 is 0 Å². The fourth-order valence-electron chi connectivity index (χ4n) is 0. The molecule has 0 aliphatic carbocycles. The molecule has 2 nitrogen and oxygen atoms in total. The van der Waals surface area contributed by atoms with Gasteiger partial charge in [-0.15, -0.1) is 0 Å². The first-order valence-electron chi connectivity index (χ1n) is 1.61. The average molecular weight is 126 g/mol. The van der Waals surface area contributed by atoms with Crippen LogP contribution in [0.25, 0.3) is 0 Å². The zero-order chi connectivity index (χ0) is 5.21. The molecule has 4 heteroatoms. The summed E-state index contributed by atoms with van der Waals surface area (Å²) in [5.74, 6) is 0. The Morgan fingerprint density at radius 1 is 2.00 bits per heavy atom. The highest BCUT2D eigenvalue weighted by Crippen LogP contribution is 2.44. The van der Waals surface area contributed by atoms with Crippen molar-refractivity contribution in [1.29, 1.82) is 0 Å². The van der Waals surface area contributed by atoms with E-state index in [0.29, 0.717) is 0 Å². The van der Waals surface area contributed by atoms with Gasteiger partial charge in [-0.2, -0.15) is 0 Å². The van der Waals surface area contributed by atoms with Crippen LogP contribution in [-0.2, 0) is 4.57 Å². The Kier molecular flexibility index (Phi) is 2.19. The summed E-state index contributed by atoms with van der Waals surface area (Å²) in [6.07, 6.45) is 0.246. The predicted octanol–water partition coefficient (Wildman–Crippen LogP) is 1.12. The van der Waals surface area contributed by atoms with Gasteiger partial charge >= 0.3 is 0 Å². The minimum atomic E-state index is -2.95. The van der Waals surface area contributed by atoms with Crippen molar-refractivity contribution in [1.82, 2.24) is 0 Å². The zero-order valence-corrected chi connectivity index (χ0v) is 5.25. The van der Waals surface area contributed by atoms with Crippen molar-refractivity contribution in [3.05, 3.63) is 0 Å². The Balaban J connectivity index is 3.48. The molecule has 38 valence electrons. The largest absolute Gasteiger partial charge is 0.337 e. The fourth-order valence-corrected chi connectivity index (χ4v) is 0. The van der Waals surface area contributed by atoms with Crippen molar-refractivity contribution in [2.24, 2.45) is 0 Å². The van der Waals surface area contributed by atoms with Gasteiger partial charge in [0.05, 0.1) is 0 Å². The molecule has 1 unspecified atom stereocenters. The van der Waals surface area contributed by atoms with Crippen LogP contribution < -0.4 is 0 Å². The van der Waals surface area contributed by atoms with Crippen LogP contribution in [0.15, 0.2) is 0 Å². The maximum atomic E-state index is 10.0. The van der Waals surface area contributed by atoms with Crippen molar-refractivity contribution in [2.75, 3.05) is 6.16 Å². The second-order valence-electron chi connectivity index (χ2n) is 0.981. The number of thiol groups is 1. The first kappa shape index (κ1) is 6.54. The van der Waals surface area contributed by atoms with Gasteiger partial charge < -0.3 is 4.89 Å². The van der Waals surface area contributed by atoms with E-state index in [1.165, 1.54) is 0 Å². The maximum absolute atomic E-state index is 10.0. The van der Waals surface area contributed by atoms with Gasteiger partial charge in [0, 0.05) is 6.16 Å². The summed E-state index contributed by atoms with van der Waals surface area (Å²) >= 11 is 3.37. The highest BCUT2D eigenvalue weighted by Gasteiger charge is 2.03. The molecule has 0 saturated heterocycles. The van der Waals surface area contributed by atoms with E-state index < -0.39 is 6.57 Å². The Hall–Kier alpha value is 0.540. The van der Waals surface area contributed by atoms with Gasteiger partial charge in [-0.05, 0) is 0 Å². The lowest BCUT2D eigenvalue weighted by atomic mass is 11.0. The standard InChI is InChI=1S/C2H7O2PS/c1-2-5(3,4)6/h2H2,1H3,(H2,3,4,6). The minimum Gasteiger partial charge on any atom is -0.337 e. The molecule has 0 aromatic carbocycles. The van der Waals surface area contributed by atoms with Gasteiger partial charge in [-0.3, -0.25) is 4.57 Å². The molecule has 0 spiro atoms. The molecule has 0 heterocycles. The van der Waals surface area contributed by atoms with Crippen molar-refractivity contribution < 1.29 is 9.46 Å². The lowest BCUT2D eigenvalue weighted by molar-refractivity contribution is 0.499. The van der Waals surface area contributed by atoms with E-state index in [4.69, 9.17) is 4.89 Å². The molecule has 0 bridgehead atoms. The highest BCUT2D eigenvalue weighted by molar-refractivity contribution is 8.45. The monoisotopic (exact) mass is 126 g/mol. The Morgan fingerprint density at radius 3 is 2.17 bits per heavy atom. The summed E-state index contributed by atoms with van der Waals surface area (Å²) in [6, 6.07) is 0. The van der Waals surface area contributed by atoms with E-state index in [1.54, 1.807) is 6.92 Å². The first-order valence-corrected chi connectivity index (χ1v) is 4.60.